The van der Waals surface area contributed by atoms with E-state index in [9.17, 15) is 9.59 Å². The van der Waals surface area contributed by atoms with Crippen LogP contribution in [-0.4, -0.2) is 74.1 Å². The number of hydrogen-bond donors (Lipinski definition) is 2. The summed E-state index contributed by atoms with van der Waals surface area (Å²) in [5, 5.41) is 6.22. The van der Waals surface area contributed by atoms with E-state index in [-0.39, 0.29) is 17.9 Å². The Bertz CT molecular complexity index is 1030. The Kier molecular flexibility index (Phi) is 7.90. The first-order valence-corrected chi connectivity index (χ1v) is 12.5. The highest BCUT2D eigenvalue weighted by Crippen LogP contribution is 2.38. The number of anilines is 1. The maximum absolute atomic E-state index is 13.0. The van der Waals surface area contributed by atoms with Crippen LogP contribution in [0.1, 0.15) is 58.4 Å². The van der Waals surface area contributed by atoms with E-state index in [1.54, 1.807) is 13.3 Å². The monoisotopic (exact) mass is 479 g/mol. The van der Waals surface area contributed by atoms with E-state index in [0.717, 1.165) is 55.8 Å². The molecule has 0 aliphatic carbocycles. The van der Waals surface area contributed by atoms with Gasteiger partial charge in [0.1, 0.15) is 11.6 Å². The summed E-state index contributed by atoms with van der Waals surface area (Å²) in [6.07, 6.45) is 6.55. The number of nitrogens with one attached hydrogen (secondary N) is 2. The largest absolute Gasteiger partial charge is 0.496 e. The van der Waals surface area contributed by atoms with Gasteiger partial charge >= 0.3 is 0 Å². The highest BCUT2D eigenvalue weighted by molar-refractivity contribution is 5.96. The van der Waals surface area contributed by atoms with Crippen LogP contribution in [0.15, 0.2) is 36.5 Å². The molecule has 0 saturated carbocycles. The lowest BCUT2D eigenvalue weighted by Crippen LogP contribution is -2.50. The molecule has 8 nitrogen and oxygen atoms in total. The molecule has 2 N–H and O–H groups in total. The van der Waals surface area contributed by atoms with Crippen molar-refractivity contribution in [2.24, 2.45) is 0 Å². The van der Waals surface area contributed by atoms with Crippen molar-refractivity contribution < 1.29 is 14.3 Å². The number of ether oxygens (including phenoxy) is 1. The Labute approximate surface area is 208 Å². The molecule has 3 atom stereocenters. The van der Waals surface area contributed by atoms with E-state index in [4.69, 9.17) is 4.74 Å². The number of carbonyl (C=O) groups excluding carboxylic acids is 2. The van der Waals surface area contributed by atoms with Gasteiger partial charge in [0.25, 0.3) is 11.8 Å². The summed E-state index contributed by atoms with van der Waals surface area (Å²) in [5.74, 6) is 1.51. The molecule has 2 aliphatic rings. The fourth-order valence-corrected chi connectivity index (χ4v) is 5.39. The van der Waals surface area contributed by atoms with Gasteiger partial charge in [-0.25, -0.2) is 4.98 Å². The van der Waals surface area contributed by atoms with E-state index >= 15 is 0 Å². The Morgan fingerprint density at radius 1 is 1.11 bits per heavy atom. The Hall–Kier alpha value is -3.13. The number of benzene rings is 1. The molecule has 2 amide bonds. The number of piperidine rings is 1. The van der Waals surface area contributed by atoms with Crippen molar-refractivity contribution in [1.82, 2.24) is 20.5 Å². The van der Waals surface area contributed by atoms with Crippen molar-refractivity contribution >= 4 is 17.6 Å². The molecule has 2 aromatic rings. The molecule has 8 heteroatoms. The highest BCUT2D eigenvalue weighted by atomic mass is 16.5. The predicted octanol–water partition coefficient (Wildman–Crippen LogP) is 3.01. The average Bonchev–Trinajstić information content (AvgIpc) is 3.11. The molecule has 3 heterocycles. The van der Waals surface area contributed by atoms with Crippen LogP contribution < -0.4 is 20.3 Å². The summed E-state index contributed by atoms with van der Waals surface area (Å²) in [6.45, 7) is 3.51. The third kappa shape index (κ3) is 5.75. The average molecular weight is 480 g/mol. The number of amides is 2. The summed E-state index contributed by atoms with van der Waals surface area (Å²) in [6, 6.07) is 10.2. The second-order valence-electron chi connectivity index (χ2n) is 9.88. The Morgan fingerprint density at radius 3 is 2.49 bits per heavy atom. The van der Waals surface area contributed by atoms with Crippen LogP contribution in [0, 0.1) is 6.92 Å². The molecule has 1 aromatic carbocycles. The van der Waals surface area contributed by atoms with Crippen molar-refractivity contribution in [2.45, 2.75) is 57.2 Å². The molecule has 188 valence electrons. The lowest BCUT2D eigenvalue weighted by molar-refractivity contribution is 0.0923. The van der Waals surface area contributed by atoms with E-state index in [0.29, 0.717) is 29.8 Å². The normalized spacial score (nSPS) is 21.2. The highest BCUT2D eigenvalue weighted by Gasteiger charge is 2.41. The number of rotatable bonds is 9. The predicted molar refractivity (Wildman–Crippen MR) is 137 cm³/mol. The Morgan fingerprint density at radius 2 is 1.86 bits per heavy atom. The van der Waals surface area contributed by atoms with Crippen LogP contribution >= 0.6 is 0 Å². The van der Waals surface area contributed by atoms with Crippen LogP contribution in [-0.2, 0) is 0 Å². The molecule has 0 radical (unpaired) electrons. The van der Waals surface area contributed by atoms with Gasteiger partial charge in [0.2, 0.25) is 0 Å². The van der Waals surface area contributed by atoms with Crippen molar-refractivity contribution in [2.75, 3.05) is 39.2 Å². The summed E-state index contributed by atoms with van der Waals surface area (Å²) in [7, 11) is 5.67. The number of methoxy groups -OCH3 is 1. The minimum atomic E-state index is -0.0833. The van der Waals surface area contributed by atoms with Crippen LogP contribution in [0.5, 0.6) is 5.75 Å². The molecule has 2 saturated heterocycles. The van der Waals surface area contributed by atoms with Crippen molar-refractivity contribution in [1.29, 1.82) is 0 Å². The minimum Gasteiger partial charge on any atom is -0.496 e. The third-order valence-corrected chi connectivity index (χ3v) is 7.16. The Balaban J connectivity index is 1.34. The van der Waals surface area contributed by atoms with E-state index in [1.165, 1.54) is 0 Å². The smallest absolute Gasteiger partial charge is 0.252 e. The topological polar surface area (TPSA) is 86.8 Å². The van der Waals surface area contributed by atoms with Crippen LogP contribution in [0.4, 0.5) is 5.82 Å². The maximum atomic E-state index is 13.0. The lowest BCUT2D eigenvalue weighted by atomic mass is 9.96. The number of pyridine rings is 1. The van der Waals surface area contributed by atoms with Crippen molar-refractivity contribution in [3.63, 3.8) is 0 Å². The zero-order chi connectivity index (χ0) is 24.9. The number of carbonyl (C=O) groups is 2. The van der Waals surface area contributed by atoms with E-state index < -0.39 is 0 Å². The van der Waals surface area contributed by atoms with Crippen LogP contribution in [0.2, 0.25) is 0 Å². The number of aromatic nitrogens is 1. The molecule has 4 rings (SSSR count). The van der Waals surface area contributed by atoms with Gasteiger partial charge in [-0.15, -0.1) is 0 Å². The molecule has 1 aromatic heterocycles. The number of hydrogen-bond acceptors (Lipinski definition) is 6. The van der Waals surface area contributed by atoms with Gasteiger partial charge in [0, 0.05) is 42.0 Å². The summed E-state index contributed by atoms with van der Waals surface area (Å²) >= 11 is 0. The van der Waals surface area contributed by atoms with Gasteiger partial charge in [-0.05, 0) is 83.9 Å². The summed E-state index contributed by atoms with van der Waals surface area (Å²) in [4.78, 5) is 34.5. The van der Waals surface area contributed by atoms with Gasteiger partial charge in [-0.2, -0.15) is 0 Å². The van der Waals surface area contributed by atoms with Gasteiger partial charge in [-0.1, -0.05) is 6.07 Å². The van der Waals surface area contributed by atoms with Crippen LogP contribution in [0.3, 0.4) is 0 Å². The molecule has 2 fully saturated rings. The molecular weight excluding hydrogens is 442 g/mol. The minimum absolute atomic E-state index is 0.0432. The summed E-state index contributed by atoms with van der Waals surface area (Å²) in [5.41, 5.74) is 2.11. The van der Waals surface area contributed by atoms with Crippen LogP contribution in [0.25, 0.3) is 0 Å². The first-order chi connectivity index (χ1) is 16.9. The number of nitrogens with zero attached hydrogens (tertiary/aromatic N) is 3. The van der Waals surface area contributed by atoms with Gasteiger partial charge < -0.3 is 25.2 Å². The number of fused-ring (bicyclic) bond motifs is 2. The second kappa shape index (κ2) is 11.1. The molecular formula is C27H37N5O3. The maximum Gasteiger partial charge on any atom is 0.252 e. The third-order valence-electron chi connectivity index (χ3n) is 7.16. The standard InChI is InChI=1S/C27H37N5O3/c1-18-23(7-5-8-24(18)35-4)27(34)30-20-15-21-10-11-22(16-20)32(21)25-12-9-19(17-29-25)26(33)28-13-6-14-31(2)3/h5,7-9,12,17,20-22H,6,10-11,13-16H2,1-4H3,(H,28,33)(H,30,34)/t20?,21-,22+. The van der Waals surface area contributed by atoms with Gasteiger partial charge in [0.05, 0.1) is 12.7 Å². The fraction of sp³-hybridized carbons (Fsp3) is 0.519. The summed E-state index contributed by atoms with van der Waals surface area (Å²) < 4.78 is 5.37. The first-order valence-electron chi connectivity index (χ1n) is 12.5. The van der Waals surface area contributed by atoms with E-state index in [1.807, 2.05) is 51.4 Å². The lowest BCUT2D eigenvalue weighted by Gasteiger charge is -2.40. The fourth-order valence-electron chi connectivity index (χ4n) is 5.39. The second-order valence-corrected chi connectivity index (χ2v) is 9.88. The van der Waals surface area contributed by atoms with Crippen molar-refractivity contribution in [3.8, 4) is 5.75 Å². The zero-order valence-corrected chi connectivity index (χ0v) is 21.2. The van der Waals surface area contributed by atoms with Gasteiger partial charge in [0.15, 0.2) is 0 Å². The molecule has 2 aliphatic heterocycles. The quantitative estimate of drug-likeness (QED) is 0.538. The van der Waals surface area contributed by atoms with Gasteiger partial charge in [-0.3, -0.25) is 9.59 Å². The molecule has 2 bridgehead atoms. The first kappa shape index (κ1) is 25.0. The molecule has 35 heavy (non-hydrogen) atoms. The zero-order valence-electron chi connectivity index (χ0n) is 21.2. The van der Waals surface area contributed by atoms with Crippen molar-refractivity contribution in [3.05, 3.63) is 53.2 Å². The molecule has 1 unspecified atom stereocenters. The van der Waals surface area contributed by atoms with E-state index in [2.05, 4.69) is 25.4 Å². The molecule has 0 spiro atoms. The SMILES string of the molecule is COc1cccc(C(=O)NC2C[C@H]3CC[C@@H](C2)N3c2ccc(C(=O)NCCCN(C)C)cn2)c1C.